The van der Waals surface area contributed by atoms with E-state index in [-0.39, 0.29) is 34.0 Å². The molecule has 0 bridgehead atoms. The molecule has 20 heavy (non-hydrogen) atoms. The molecule has 0 saturated carbocycles. The van der Waals surface area contributed by atoms with E-state index in [0.717, 1.165) is 23.0 Å². The standard InChI is InChI=1S/C13H13N5.2BrH/c1-17-8-6-14-12(17)10-4-3-5-11(16-10)13-15-7-9-18(13)2;;/h3-9H,1-2H3;2*1H. The minimum atomic E-state index is 0. The molecule has 3 aromatic heterocycles. The Morgan fingerprint density at radius 2 is 1.30 bits per heavy atom. The molecule has 7 heteroatoms. The largest absolute Gasteiger partial charge is 1.00 e. The third-order valence-electron chi connectivity index (χ3n) is 2.98. The van der Waals surface area contributed by atoms with Crippen LogP contribution in [0.4, 0.5) is 0 Å². The van der Waals surface area contributed by atoms with Crippen LogP contribution in [0.25, 0.3) is 23.0 Å². The molecule has 0 aliphatic rings. The number of nitrogens with one attached hydrogen (secondary N) is 2. The van der Waals surface area contributed by atoms with Gasteiger partial charge in [-0.15, -0.1) is 0 Å². The first-order chi connectivity index (χ1) is 8.75. The van der Waals surface area contributed by atoms with Crippen molar-refractivity contribution in [3.05, 3.63) is 43.0 Å². The van der Waals surface area contributed by atoms with Crippen LogP contribution in [0.5, 0.6) is 0 Å². The number of aryl methyl sites for hydroxylation is 2. The first-order valence-electron chi connectivity index (χ1n) is 5.79. The normalized spacial score (nSPS) is 9.70. The van der Waals surface area contributed by atoms with Crippen molar-refractivity contribution >= 4 is 0 Å². The Morgan fingerprint density at radius 1 is 0.850 bits per heavy atom. The number of hydrogen-bond acceptors (Lipinski definition) is 1. The van der Waals surface area contributed by atoms with Gasteiger partial charge in [-0.05, 0) is 12.1 Å². The van der Waals surface area contributed by atoms with Crippen LogP contribution in [-0.4, -0.2) is 15.0 Å². The minimum absolute atomic E-state index is 0. The van der Waals surface area contributed by atoms with Gasteiger partial charge in [0, 0.05) is 0 Å². The van der Waals surface area contributed by atoms with E-state index in [1.165, 1.54) is 0 Å². The molecular formula is C13H15Br2N5. The average Bonchev–Trinajstić information content (AvgIpc) is 2.98. The zero-order valence-electron chi connectivity index (χ0n) is 11.1. The number of nitrogens with zero attached hydrogens (tertiary/aromatic N) is 3. The molecule has 0 radical (unpaired) electrons. The number of hydrogen-bond donors (Lipinski definition) is 2. The van der Waals surface area contributed by atoms with Crippen molar-refractivity contribution in [3.63, 3.8) is 0 Å². The van der Waals surface area contributed by atoms with Crippen LogP contribution in [0.2, 0.25) is 0 Å². The fourth-order valence-corrected chi connectivity index (χ4v) is 2.02. The maximum absolute atomic E-state index is 4.68. The van der Waals surface area contributed by atoms with Crippen LogP contribution in [0.3, 0.4) is 0 Å². The van der Waals surface area contributed by atoms with Gasteiger partial charge >= 0.3 is 11.6 Å². The molecule has 3 aromatic rings. The van der Waals surface area contributed by atoms with Gasteiger partial charge in [0.15, 0.2) is 11.4 Å². The van der Waals surface area contributed by atoms with Gasteiger partial charge in [0.25, 0.3) is 0 Å². The first-order valence-corrected chi connectivity index (χ1v) is 5.79. The van der Waals surface area contributed by atoms with Gasteiger partial charge in [-0.3, -0.25) is 0 Å². The van der Waals surface area contributed by atoms with Crippen molar-refractivity contribution in [2.45, 2.75) is 0 Å². The summed E-state index contributed by atoms with van der Waals surface area (Å²) in [5.74, 6) is 1.98. The highest BCUT2D eigenvalue weighted by Gasteiger charge is 2.16. The van der Waals surface area contributed by atoms with E-state index in [2.05, 4.69) is 15.0 Å². The van der Waals surface area contributed by atoms with Gasteiger partial charge < -0.3 is 34.0 Å². The Labute approximate surface area is 138 Å². The molecule has 0 aromatic carbocycles. The summed E-state index contributed by atoms with van der Waals surface area (Å²) in [5, 5.41) is 0. The fraction of sp³-hybridized carbons (Fsp3) is 0.154. The van der Waals surface area contributed by atoms with Crippen LogP contribution in [0.15, 0.2) is 43.0 Å². The molecule has 2 N–H and O–H groups in total. The predicted octanol–water partition coefficient (Wildman–Crippen LogP) is -5.27. The highest BCUT2D eigenvalue weighted by molar-refractivity contribution is 5.54. The van der Waals surface area contributed by atoms with Crippen molar-refractivity contribution in [1.82, 2.24) is 15.0 Å². The first kappa shape index (κ1) is 16.6. The van der Waals surface area contributed by atoms with Crippen LogP contribution < -0.4 is 43.1 Å². The van der Waals surface area contributed by atoms with Crippen LogP contribution in [0.1, 0.15) is 0 Å². The van der Waals surface area contributed by atoms with E-state index in [4.69, 9.17) is 0 Å². The number of imidazole rings is 2. The zero-order chi connectivity index (χ0) is 12.5. The molecule has 0 aliphatic heterocycles. The summed E-state index contributed by atoms with van der Waals surface area (Å²) in [5.41, 5.74) is 1.85. The lowest BCUT2D eigenvalue weighted by Crippen LogP contribution is -3.00. The third-order valence-corrected chi connectivity index (χ3v) is 2.98. The van der Waals surface area contributed by atoms with E-state index in [9.17, 15) is 0 Å². The molecule has 0 fully saturated rings. The van der Waals surface area contributed by atoms with Crippen LogP contribution in [0, 0.1) is 0 Å². The maximum Gasteiger partial charge on any atom is 0.305 e. The topological polar surface area (TPSA) is 52.2 Å². The van der Waals surface area contributed by atoms with Crippen molar-refractivity contribution in [1.29, 1.82) is 0 Å². The summed E-state index contributed by atoms with van der Waals surface area (Å²) in [7, 11) is 3.99. The molecule has 0 amide bonds. The quantitative estimate of drug-likeness (QED) is 0.415. The number of rotatable bonds is 2. The summed E-state index contributed by atoms with van der Waals surface area (Å²) in [6, 6.07) is 6.01. The van der Waals surface area contributed by atoms with E-state index in [1.807, 2.05) is 66.2 Å². The summed E-state index contributed by atoms with van der Waals surface area (Å²) in [6.07, 6.45) is 7.74. The molecule has 106 valence electrons. The average molecular weight is 401 g/mol. The fourth-order valence-electron chi connectivity index (χ4n) is 2.02. The molecular weight excluding hydrogens is 386 g/mol. The van der Waals surface area contributed by atoms with Crippen molar-refractivity contribution in [2.75, 3.05) is 0 Å². The van der Waals surface area contributed by atoms with Gasteiger partial charge in [0.2, 0.25) is 0 Å². The van der Waals surface area contributed by atoms with Crippen molar-refractivity contribution < 1.29 is 43.1 Å². The van der Waals surface area contributed by atoms with Crippen molar-refractivity contribution in [3.8, 4) is 23.0 Å². The van der Waals surface area contributed by atoms with E-state index >= 15 is 0 Å². The molecule has 3 rings (SSSR count). The molecule has 0 atom stereocenters. The van der Waals surface area contributed by atoms with Gasteiger partial charge in [-0.2, -0.15) is 0 Å². The summed E-state index contributed by atoms with van der Waals surface area (Å²) in [6.45, 7) is 0. The number of halogens is 2. The summed E-state index contributed by atoms with van der Waals surface area (Å²) < 4.78 is 4.03. The Morgan fingerprint density at radius 3 is 1.65 bits per heavy atom. The van der Waals surface area contributed by atoms with Crippen molar-refractivity contribution in [2.24, 2.45) is 14.1 Å². The van der Waals surface area contributed by atoms with E-state index in [1.54, 1.807) is 0 Å². The van der Waals surface area contributed by atoms with Gasteiger partial charge in [-0.1, -0.05) is 6.07 Å². The Kier molecular flexibility index (Phi) is 5.64. The van der Waals surface area contributed by atoms with E-state index in [0.29, 0.717) is 0 Å². The van der Waals surface area contributed by atoms with Crippen LogP contribution >= 0.6 is 0 Å². The zero-order valence-corrected chi connectivity index (χ0v) is 14.3. The lowest BCUT2D eigenvalue weighted by molar-refractivity contribution is -0.659. The molecule has 3 heterocycles. The second-order valence-corrected chi connectivity index (χ2v) is 4.25. The van der Waals surface area contributed by atoms with E-state index < -0.39 is 0 Å². The lowest BCUT2D eigenvalue weighted by atomic mass is 10.3. The SMILES string of the molecule is C[n+]1cc[nH]c1-c1cccc(-c2[nH]cc[n+]2C)n1.[Br-].[Br-]. The van der Waals surface area contributed by atoms with Gasteiger partial charge in [0.1, 0.15) is 24.8 Å². The third kappa shape index (κ3) is 2.99. The summed E-state index contributed by atoms with van der Waals surface area (Å²) in [4.78, 5) is 11.1. The number of pyridine rings is 1. The highest BCUT2D eigenvalue weighted by atomic mass is 79.9. The monoisotopic (exact) mass is 399 g/mol. The highest BCUT2D eigenvalue weighted by Crippen LogP contribution is 2.15. The predicted molar refractivity (Wildman–Crippen MR) is 66.2 cm³/mol. The van der Waals surface area contributed by atoms with Gasteiger partial charge in [-0.25, -0.2) is 24.1 Å². The van der Waals surface area contributed by atoms with Crippen LogP contribution in [-0.2, 0) is 14.1 Å². The minimum Gasteiger partial charge on any atom is -1.00 e. The Bertz CT molecular complexity index is 634. The number of aromatic amines is 2. The summed E-state index contributed by atoms with van der Waals surface area (Å²) >= 11 is 0. The lowest BCUT2D eigenvalue weighted by Gasteiger charge is -1.98. The second-order valence-electron chi connectivity index (χ2n) is 4.25. The number of aromatic nitrogens is 5. The molecule has 0 unspecified atom stereocenters. The maximum atomic E-state index is 4.68. The molecule has 0 aliphatic carbocycles. The molecule has 5 nitrogen and oxygen atoms in total. The van der Waals surface area contributed by atoms with Gasteiger partial charge in [0.05, 0.1) is 14.1 Å². The smallest absolute Gasteiger partial charge is 0.305 e. The second kappa shape index (κ2) is 6.81. The Balaban J connectivity index is 0.000001000. The number of H-pyrrole nitrogens is 2. The molecule has 0 spiro atoms. The molecule has 0 saturated heterocycles. The Hall–Kier alpha value is -1.47.